The number of anilines is 2. The Morgan fingerprint density at radius 2 is 1.78 bits per heavy atom. The molecule has 2 aromatic heterocycles. The molecule has 27 heavy (non-hydrogen) atoms. The van der Waals surface area contributed by atoms with E-state index in [1.165, 1.54) is 5.69 Å². The molecule has 7 heteroatoms. The van der Waals surface area contributed by atoms with Crippen LogP contribution in [0.15, 0.2) is 65.4 Å². The summed E-state index contributed by atoms with van der Waals surface area (Å²) in [6, 6.07) is 15.6. The van der Waals surface area contributed by atoms with E-state index >= 15 is 0 Å². The van der Waals surface area contributed by atoms with Gasteiger partial charge >= 0.3 is 0 Å². The highest BCUT2D eigenvalue weighted by Gasteiger charge is 2.20. The molecule has 4 rings (SSSR count). The molecule has 1 fully saturated rings. The van der Waals surface area contributed by atoms with Gasteiger partial charge in [-0.15, -0.1) is 0 Å². The number of hydrogen-bond donors (Lipinski definition) is 1. The molecule has 1 aliphatic heterocycles. The van der Waals surface area contributed by atoms with E-state index in [0.717, 1.165) is 26.2 Å². The van der Waals surface area contributed by atoms with Gasteiger partial charge in [-0.05, 0) is 30.3 Å². The number of rotatable bonds is 5. The first-order valence-electron chi connectivity index (χ1n) is 8.98. The second kappa shape index (κ2) is 7.90. The van der Waals surface area contributed by atoms with E-state index in [9.17, 15) is 4.79 Å². The maximum atomic E-state index is 12.3. The minimum Gasteiger partial charge on any atom is -0.467 e. The van der Waals surface area contributed by atoms with Gasteiger partial charge in [-0.1, -0.05) is 18.2 Å². The van der Waals surface area contributed by atoms with E-state index in [0.29, 0.717) is 23.9 Å². The van der Waals surface area contributed by atoms with Gasteiger partial charge in [-0.3, -0.25) is 4.79 Å². The van der Waals surface area contributed by atoms with Gasteiger partial charge in [0.25, 0.3) is 5.91 Å². The normalized spacial score (nSPS) is 14.2. The number of nitrogens with zero attached hydrogens (tertiary/aromatic N) is 4. The summed E-state index contributed by atoms with van der Waals surface area (Å²) < 4.78 is 5.22. The Morgan fingerprint density at radius 1 is 1.00 bits per heavy atom. The minimum atomic E-state index is -0.238. The Hall–Kier alpha value is -3.35. The average Bonchev–Trinajstić information content (AvgIpc) is 3.27. The summed E-state index contributed by atoms with van der Waals surface area (Å²) in [4.78, 5) is 25.6. The van der Waals surface area contributed by atoms with Crippen molar-refractivity contribution in [2.24, 2.45) is 0 Å². The first-order valence-corrected chi connectivity index (χ1v) is 8.98. The number of aromatic nitrogens is 2. The van der Waals surface area contributed by atoms with E-state index in [1.807, 2.05) is 12.1 Å². The molecular weight excluding hydrogens is 342 g/mol. The fourth-order valence-corrected chi connectivity index (χ4v) is 3.10. The van der Waals surface area contributed by atoms with Crippen molar-refractivity contribution in [3.05, 3.63) is 72.4 Å². The predicted octanol–water partition coefficient (Wildman–Crippen LogP) is 2.33. The number of furan rings is 1. The van der Waals surface area contributed by atoms with Crippen LogP contribution in [0.1, 0.15) is 16.2 Å². The van der Waals surface area contributed by atoms with Gasteiger partial charge in [-0.2, -0.15) is 0 Å². The summed E-state index contributed by atoms with van der Waals surface area (Å²) in [6.45, 7) is 3.74. The molecule has 0 spiro atoms. The molecule has 1 aliphatic rings. The summed E-state index contributed by atoms with van der Waals surface area (Å²) in [7, 11) is 0. The standard InChI is InChI=1S/C20H21N5O2/c26-19(22-15-17-7-4-14-27-17)18-8-9-21-20(23-18)25-12-10-24(11-13-25)16-5-2-1-3-6-16/h1-9,14H,10-13,15H2,(H,22,26). The highest BCUT2D eigenvalue weighted by atomic mass is 16.3. The van der Waals surface area contributed by atoms with Gasteiger partial charge in [0.1, 0.15) is 11.5 Å². The van der Waals surface area contributed by atoms with Crippen LogP contribution in [0, 0.1) is 0 Å². The lowest BCUT2D eigenvalue weighted by Crippen LogP contribution is -2.47. The number of carbonyl (C=O) groups excluding carboxylic acids is 1. The monoisotopic (exact) mass is 363 g/mol. The number of nitrogens with one attached hydrogen (secondary N) is 1. The van der Waals surface area contributed by atoms with Crippen molar-refractivity contribution in [1.29, 1.82) is 0 Å². The van der Waals surface area contributed by atoms with E-state index in [1.54, 1.807) is 24.6 Å². The maximum absolute atomic E-state index is 12.3. The Bertz CT molecular complexity index is 874. The first-order chi connectivity index (χ1) is 13.3. The molecular formula is C20H21N5O2. The zero-order valence-electron chi connectivity index (χ0n) is 14.9. The lowest BCUT2D eigenvalue weighted by molar-refractivity contribution is 0.0943. The van der Waals surface area contributed by atoms with Crippen molar-refractivity contribution in [1.82, 2.24) is 15.3 Å². The van der Waals surface area contributed by atoms with Crippen LogP contribution in [0.25, 0.3) is 0 Å². The zero-order valence-corrected chi connectivity index (χ0v) is 14.9. The molecule has 1 aromatic carbocycles. The van der Waals surface area contributed by atoms with E-state index in [4.69, 9.17) is 4.42 Å². The number of hydrogen-bond acceptors (Lipinski definition) is 6. The van der Waals surface area contributed by atoms with Crippen molar-refractivity contribution in [3.8, 4) is 0 Å². The van der Waals surface area contributed by atoms with Crippen LogP contribution in [0.4, 0.5) is 11.6 Å². The van der Waals surface area contributed by atoms with Crippen molar-refractivity contribution in [2.45, 2.75) is 6.54 Å². The molecule has 1 saturated heterocycles. The quantitative estimate of drug-likeness (QED) is 0.750. The molecule has 0 atom stereocenters. The molecule has 7 nitrogen and oxygen atoms in total. The van der Waals surface area contributed by atoms with Crippen molar-refractivity contribution < 1.29 is 9.21 Å². The number of amides is 1. The molecule has 138 valence electrons. The van der Waals surface area contributed by atoms with Gasteiger partial charge in [0.15, 0.2) is 0 Å². The second-order valence-corrected chi connectivity index (χ2v) is 6.31. The number of para-hydroxylation sites is 1. The average molecular weight is 363 g/mol. The minimum absolute atomic E-state index is 0.238. The molecule has 3 heterocycles. The van der Waals surface area contributed by atoms with E-state index < -0.39 is 0 Å². The van der Waals surface area contributed by atoms with Crippen molar-refractivity contribution >= 4 is 17.5 Å². The molecule has 1 N–H and O–H groups in total. The Balaban J connectivity index is 1.37. The molecule has 0 saturated carbocycles. The molecule has 1 amide bonds. The highest BCUT2D eigenvalue weighted by Crippen LogP contribution is 2.18. The number of piperazine rings is 1. The Labute approximate surface area is 157 Å². The van der Waals surface area contributed by atoms with Gasteiger partial charge < -0.3 is 19.5 Å². The van der Waals surface area contributed by atoms with Crippen LogP contribution < -0.4 is 15.1 Å². The summed E-state index contributed by atoms with van der Waals surface area (Å²) in [5.41, 5.74) is 1.58. The Morgan fingerprint density at radius 3 is 2.52 bits per heavy atom. The molecule has 0 unspecified atom stereocenters. The van der Waals surface area contributed by atoms with Crippen LogP contribution in [-0.2, 0) is 6.54 Å². The van der Waals surface area contributed by atoms with Crippen molar-refractivity contribution in [2.75, 3.05) is 36.0 Å². The molecule has 0 radical (unpaired) electrons. The van der Waals surface area contributed by atoms with E-state index in [-0.39, 0.29) is 5.91 Å². The number of benzene rings is 1. The fraction of sp³-hybridized carbons (Fsp3) is 0.250. The van der Waals surface area contributed by atoms with Crippen molar-refractivity contribution in [3.63, 3.8) is 0 Å². The smallest absolute Gasteiger partial charge is 0.270 e. The third kappa shape index (κ3) is 4.08. The Kier molecular flexibility index (Phi) is 5.00. The van der Waals surface area contributed by atoms with Gasteiger partial charge in [0.2, 0.25) is 5.95 Å². The molecule has 0 bridgehead atoms. The zero-order chi connectivity index (χ0) is 18.5. The van der Waals surface area contributed by atoms with Crippen LogP contribution in [0.2, 0.25) is 0 Å². The first kappa shape index (κ1) is 17.1. The lowest BCUT2D eigenvalue weighted by Gasteiger charge is -2.36. The summed E-state index contributed by atoms with van der Waals surface area (Å²) in [5, 5.41) is 2.81. The predicted molar refractivity (Wildman–Crippen MR) is 103 cm³/mol. The highest BCUT2D eigenvalue weighted by molar-refractivity contribution is 5.92. The second-order valence-electron chi connectivity index (χ2n) is 6.31. The fourth-order valence-electron chi connectivity index (χ4n) is 3.10. The van der Waals surface area contributed by atoms with Crippen LogP contribution in [0.3, 0.4) is 0 Å². The van der Waals surface area contributed by atoms with Gasteiger partial charge in [0, 0.05) is 38.1 Å². The van der Waals surface area contributed by atoms with Gasteiger partial charge in [-0.25, -0.2) is 9.97 Å². The SMILES string of the molecule is O=C(NCc1ccco1)c1ccnc(N2CCN(c3ccccc3)CC2)n1. The van der Waals surface area contributed by atoms with Crippen LogP contribution in [-0.4, -0.2) is 42.1 Å². The van der Waals surface area contributed by atoms with Crippen LogP contribution >= 0.6 is 0 Å². The van der Waals surface area contributed by atoms with Crippen LogP contribution in [0.5, 0.6) is 0 Å². The lowest BCUT2D eigenvalue weighted by atomic mass is 10.2. The topological polar surface area (TPSA) is 74.5 Å². The third-order valence-electron chi connectivity index (χ3n) is 4.56. The molecule has 0 aliphatic carbocycles. The maximum Gasteiger partial charge on any atom is 0.270 e. The summed E-state index contributed by atoms with van der Waals surface area (Å²) in [5.74, 6) is 1.06. The van der Waals surface area contributed by atoms with E-state index in [2.05, 4.69) is 49.4 Å². The summed E-state index contributed by atoms with van der Waals surface area (Å²) in [6.07, 6.45) is 3.22. The van der Waals surface area contributed by atoms with Gasteiger partial charge in [0.05, 0.1) is 12.8 Å². The molecule has 3 aromatic rings. The largest absolute Gasteiger partial charge is 0.467 e. The summed E-state index contributed by atoms with van der Waals surface area (Å²) >= 11 is 0. The third-order valence-corrected chi connectivity index (χ3v) is 4.56. The number of carbonyl (C=O) groups is 1.